The lowest BCUT2D eigenvalue weighted by molar-refractivity contribution is -0.0378. The van der Waals surface area contributed by atoms with E-state index in [2.05, 4.69) is 0 Å². The molecule has 0 radical (unpaired) electrons. The van der Waals surface area contributed by atoms with E-state index in [1.165, 1.54) is 0 Å². The van der Waals surface area contributed by atoms with Crippen molar-refractivity contribution in [2.45, 2.75) is 33.0 Å². The van der Waals surface area contributed by atoms with Crippen LogP contribution < -0.4 is 10.5 Å². The van der Waals surface area contributed by atoms with E-state index in [0.717, 1.165) is 16.9 Å². The summed E-state index contributed by atoms with van der Waals surface area (Å²) in [4.78, 5) is 0.366. The first kappa shape index (κ1) is 16.9. The maximum absolute atomic E-state index is 5.63. The number of hydrogen-bond donors (Lipinski definition) is 1. The van der Waals surface area contributed by atoms with Crippen molar-refractivity contribution in [1.29, 1.82) is 0 Å². The van der Waals surface area contributed by atoms with Gasteiger partial charge in [-0.25, -0.2) is 0 Å². The van der Waals surface area contributed by atoms with Gasteiger partial charge in [-0.3, -0.25) is 0 Å². The van der Waals surface area contributed by atoms with Gasteiger partial charge < -0.3 is 19.9 Å². The second kappa shape index (κ2) is 7.57. The lowest BCUT2D eigenvalue weighted by Gasteiger charge is -2.19. The lowest BCUT2D eigenvalue weighted by Crippen LogP contribution is -2.21. The van der Waals surface area contributed by atoms with Gasteiger partial charge in [-0.05, 0) is 39.0 Å². The molecule has 112 valence electrons. The Kier molecular flexibility index (Phi) is 6.39. The second-order valence-electron chi connectivity index (χ2n) is 5.40. The Morgan fingerprint density at radius 1 is 1.25 bits per heavy atom. The molecule has 1 rings (SSSR count). The molecule has 4 nitrogen and oxygen atoms in total. The molecule has 0 saturated heterocycles. The summed E-state index contributed by atoms with van der Waals surface area (Å²) in [6.45, 7) is 7.57. The molecule has 0 aliphatic rings. The number of thiocarbonyl (C=S) groups is 1. The van der Waals surface area contributed by atoms with E-state index >= 15 is 0 Å². The predicted octanol–water partition coefficient (Wildman–Crippen LogP) is 2.66. The molecule has 0 fully saturated rings. The fraction of sp³-hybridized carbons (Fsp3) is 0.533. The van der Waals surface area contributed by atoms with Crippen LogP contribution in [0.4, 0.5) is 0 Å². The highest BCUT2D eigenvalue weighted by molar-refractivity contribution is 7.80. The number of ether oxygens (including phenoxy) is 3. The molecule has 0 heterocycles. The zero-order valence-electron chi connectivity index (χ0n) is 12.6. The minimum atomic E-state index is -0.146. The molecule has 1 aromatic rings. The van der Waals surface area contributed by atoms with Gasteiger partial charge in [0.25, 0.3) is 0 Å². The fourth-order valence-electron chi connectivity index (χ4n) is 1.63. The molecular weight excluding hydrogens is 274 g/mol. The van der Waals surface area contributed by atoms with Crippen molar-refractivity contribution in [2.24, 2.45) is 5.73 Å². The van der Waals surface area contributed by atoms with E-state index in [-0.39, 0.29) is 5.60 Å². The minimum absolute atomic E-state index is 0.146. The van der Waals surface area contributed by atoms with Crippen LogP contribution in [-0.4, -0.2) is 30.9 Å². The van der Waals surface area contributed by atoms with E-state index in [1.807, 2.05) is 39.0 Å². The average Bonchev–Trinajstić information content (AvgIpc) is 2.36. The zero-order valence-corrected chi connectivity index (χ0v) is 13.4. The van der Waals surface area contributed by atoms with Crippen LogP contribution in [0.1, 0.15) is 31.9 Å². The van der Waals surface area contributed by atoms with Crippen molar-refractivity contribution < 1.29 is 14.2 Å². The number of nitrogens with two attached hydrogens (primary N) is 1. The van der Waals surface area contributed by atoms with E-state index in [4.69, 9.17) is 32.2 Å². The molecule has 0 spiro atoms. The van der Waals surface area contributed by atoms with Gasteiger partial charge in [0.15, 0.2) is 0 Å². The van der Waals surface area contributed by atoms with Crippen LogP contribution >= 0.6 is 12.2 Å². The van der Waals surface area contributed by atoms with Gasteiger partial charge in [0, 0.05) is 11.1 Å². The van der Waals surface area contributed by atoms with Crippen LogP contribution in [0.2, 0.25) is 0 Å². The van der Waals surface area contributed by atoms with Gasteiger partial charge in [-0.2, -0.15) is 0 Å². The number of hydrogen-bond acceptors (Lipinski definition) is 4. The van der Waals surface area contributed by atoms with Crippen LogP contribution in [0.15, 0.2) is 18.2 Å². The first-order chi connectivity index (χ1) is 9.33. The van der Waals surface area contributed by atoms with E-state index in [1.54, 1.807) is 7.11 Å². The Balaban J connectivity index is 2.53. The SMILES string of the molecule is COc1ccc(C(N)=S)cc1COCCOC(C)(C)C. The van der Waals surface area contributed by atoms with Gasteiger partial charge in [0.05, 0.1) is 32.5 Å². The molecular formula is C15H23NO3S. The molecule has 1 aromatic carbocycles. The molecule has 0 aliphatic carbocycles. The van der Waals surface area contributed by atoms with Crippen LogP contribution in [-0.2, 0) is 16.1 Å². The summed E-state index contributed by atoms with van der Waals surface area (Å²) in [5, 5.41) is 0. The van der Waals surface area contributed by atoms with Crippen molar-refractivity contribution in [2.75, 3.05) is 20.3 Å². The number of benzene rings is 1. The predicted molar refractivity (Wildman–Crippen MR) is 84.2 cm³/mol. The third kappa shape index (κ3) is 5.86. The van der Waals surface area contributed by atoms with Gasteiger partial charge in [-0.1, -0.05) is 12.2 Å². The largest absolute Gasteiger partial charge is 0.496 e. The third-order valence-corrected chi connectivity index (χ3v) is 2.82. The molecule has 0 saturated carbocycles. The van der Waals surface area contributed by atoms with Gasteiger partial charge in [0.1, 0.15) is 10.7 Å². The molecule has 0 atom stereocenters. The molecule has 5 heteroatoms. The van der Waals surface area contributed by atoms with Gasteiger partial charge in [-0.15, -0.1) is 0 Å². The number of rotatable bonds is 7. The van der Waals surface area contributed by atoms with Crippen LogP contribution in [0.25, 0.3) is 0 Å². The Morgan fingerprint density at radius 2 is 1.95 bits per heavy atom. The third-order valence-electron chi connectivity index (χ3n) is 2.59. The highest BCUT2D eigenvalue weighted by Crippen LogP contribution is 2.21. The van der Waals surface area contributed by atoms with Crippen LogP contribution in [0.5, 0.6) is 5.75 Å². The average molecular weight is 297 g/mol. The number of methoxy groups -OCH3 is 1. The maximum Gasteiger partial charge on any atom is 0.124 e. The van der Waals surface area contributed by atoms with Gasteiger partial charge in [0.2, 0.25) is 0 Å². The van der Waals surface area contributed by atoms with Crippen molar-refractivity contribution >= 4 is 17.2 Å². The summed E-state index contributed by atoms with van der Waals surface area (Å²) >= 11 is 4.97. The molecule has 0 bridgehead atoms. The monoisotopic (exact) mass is 297 g/mol. The highest BCUT2D eigenvalue weighted by Gasteiger charge is 2.10. The quantitative estimate of drug-likeness (QED) is 0.619. The first-order valence-corrected chi connectivity index (χ1v) is 6.93. The van der Waals surface area contributed by atoms with Crippen molar-refractivity contribution in [1.82, 2.24) is 0 Å². The molecule has 0 aliphatic heterocycles. The molecule has 0 amide bonds. The van der Waals surface area contributed by atoms with Gasteiger partial charge >= 0.3 is 0 Å². The fourth-order valence-corrected chi connectivity index (χ4v) is 1.76. The van der Waals surface area contributed by atoms with Crippen molar-refractivity contribution in [3.8, 4) is 5.75 Å². The minimum Gasteiger partial charge on any atom is -0.496 e. The molecule has 0 aromatic heterocycles. The summed E-state index contributed by atoms with van der Waals surface area (Å²) in [6, 6.07) is 5.58. The van der Waals surface area contributed by atoms with E-state index in [0.29, 0.717) is 24.8 Å². The van der Waals surface area contributed by atoms with Crippen LogP contribution in [0, 0.1) is 0 Å². The highest BCUT2D eigenvalue weighted by atomic mass is 32.1. The van der Waals surface area contributed by atoms with E-state index < -0.39 is 0 Å². The maximum atomic E-state index is 5.63. The molecule has 2 N–H and O–H groups in total. The molecule has 20 heavy (non-hydrogen) atoms. The Labute approximate surface area is 126 Å². The Bertz CT molecular complexity index is 455. The Morgan fingerprint density at radius 3 is 2.50 bits per heavy atom. The summed E-state index contributed by atoms with van der Waals surface area (Å²) < 4.78 is 16.5. The summed E-state index contributed by atoms with van der Waals surface area (Å²) in [5.74, 6) is 0.765. The van der Waals surface area contributed by atoms with Crippen molar-refractivity contribution in [3.05, 3.63) is 29.3 Å². The topological polar surface area (TPSA) is 53.7 Å². The normalized spacial score (nSPS) is 11.4. The smallest absolute Gasteiger partial charge is 0.124 e. The zero-order chi connectivity index (χ0) is 15.2. The lowest BCUT2D eigenvalue weighted by atomic mass is 10.1. The van der Waals surface area contributed by atoms with E-state index in [9.17, 15) is 0 Å². The summed E-state index contributed by atoms with van der Waals surface area (Å²) in [6.07, 6.45) is 0. The summed E-state index contributed by atoms with van der Waals surface area (Å²) in [7, 11) is 1.63. The molecule has 0 unspecified atom stereocenters. The van der Waals surface area contributed by atoms with Crippen LogP contribution in [0.3, 0.4) is 0 Å². The second-order valence-corrected chi connectivity index (χ2v) is 5.84. The Hall–Kier alpha value is -1.17. The summed E-state index contributed by atoms with van der Waals surface area (Å²) in [5.41, 5.74) is 7.22. The standard InChI is InChI=1S/C15H23NO3S/c1-15(2,3)19-8-7-18-10-12-9-11(14(16)20)5-6-13(12)17-4/h5-6,9H,7-8,10H2,1-4H3,(H2,16,20). The van der Waals surface area contributed by atoms with Crippen molar-refractivity contribution in [3.63, 3.8) is 0 Å². The first-order valence-electron chi connectivity index (χ1n) is 6.52.